The highest BCUT2D eigenvalue weighted by atomic mass is 19.1. The summed E-state index contributed by atoms with van der Waals surface area (Å²) in [7, 11) is 0. The number of hydrogen-bond donors (Lipinski definition) is 6. The molecule has 0 aromatic heterocycles. The standard InChI is InChI=1S/C33H39F2N3O10/c1-16(2)29(31(42)36-23-11-19(32(43)44)10-20(12-23)33(45)46)38-28(40)15-25(39)24(9-17-7-21(34)14-22(35)8-17)37-30(41)18-3-4-26-27(13-18)48-6-5-47-26/h3-4,7-8,13-14,16,19-20,23-25,29,39H,5-6,9-12,15H2,1-2H3,(H,36,42)(H,37,41)(H,38,40)(H,43,44)(H,45,46)/t19?,20?,23?,24-,25-,29-/m0/s1. The van der Waals surface area contributed by atoms with Gasteiger partial charge in [-0.05, 0) is 67.5 Å². The van der Waals surface area contributed by atoms with Crippen molar-refractivity contribution in [3.63, 3.8) is 0 Å². The summed E-state index contributed by atoms with van der Waals surface area (Å²) in [5, 5.41) is 37.9. The van der Waals surface area contributed by atoms with Gasteiger partial charge in [0.1, 0.15) is 30.9 Å². The van der Waals surface area contributed by atoms with Crippen LogP contribution in [0.3, 0.4) is 0 Å². The molecule has 13 nitrogen and oxygen atoms in total. The smallest absolute Gasteiger partial charge is 0.306 e. The number of carbonyl (C=O) groups is 5. The van der Waals surface area contributed by atoms with Gasteiger partial charge in [-0.3, -0.25) is 24.0 Å². The second-order valence-electron chi connectivity index (χ2n) is 12.5. The SMILES string of the molecule is CC(C)[C@H](NC(=O)C[C@H](O)[C@H](Cc1cc(F)cc(F)c1)NC(=O)c1ccc2c(c1)OCCO2)C(=O)NC1CC(C(=O)O)CC(C(=O)O)C1. The van der Waals surface area contributed by atoms with Crippen LogP contribution in [0.2, 0.25) is 0 Å². The average molecular weight is 676 g/mol. The van der Waals surface area contributed by atoms with E-state index in [0.717, 1.165) is 12.1 Å². The Hall–Kier alpha value is -4.79. The highest BCUT2D eigenvalue weighted by Gasteiger charge is 2.38. The molecular weight excluding hydrogens is 636 g/mol. The molecule has 48 heavy (non-hydrogen) atoms. The molecule has 3 amide bonds. The minimum absolute atomic E-state index is 0.0216. The summed E-state index contributed by atoms with van der Waals surface area (Å²) < 4.78 is 39.0. The molecule has 1 saturated carbocycles. The van der Waals surface area contributed by atoms with Gasteiger partial charge >= 0.3 is 11.9 Å². The molecule has 0 bridgehead atoms. The number of aliphatic hydroxyl groups excluding tert-OH is 1. The lowest BCUT2D eigenvalue weighted by atomic mass is 9.78. The van der Waals surface area contributed by atoms with E-state index in [4.69, 9.17) is 9.47 Å². The molecule has 0 saturated heterocycles. The van der Waals surface area contributed by atoms with Crippen molar-refractivity contribution >= 4 is 29.7 Å². The van der Waals surface area contributed by atoms with Crippen LogP contribution in [0.25, 0.3) is 0 Å². The van der Waals surface area contributed by atoms with Crippen LogP contribution in [-0.2, 0) is 25.6 Å². The molecule has 260 valence electrons. The third-order valence-corrected chi connectivity index (χ3v) is 8.38. The van der Waals surface area contributed by atoms with Crippen molar-refractivity contribution in [2.75, 3.05) is 13.2 Å². The molecule has 1 heterocycles. The molecule has 0 radical (unpaired) electrons. The number of aliphatic hydroxyl groups is 1. The second kappa shape index (κ2) is 15.9. The van der Waals surface area contributed by atoms with E-state index < -0.39 is 89.7 Å². The fraction of sp³-hybridized carbons (Fsp3) is 0.485. The quantitative estimate of drug-likeness (QED) is 0.183. The Bertz CT molecular complexity index is 1490. The largest absolute Gasteiger partial charge is 0.486 e. The molecule has 1 aliphatic heterocycles. The summed E-state index contributed by atoms with van der Waals surface area (Å²) in [6.07, 6.45) is -2.48. The zero-order valence-electron chi connectivity index (χ0n) is 26.4. The van der Waals surface area contributed by atoms with E-state index in [0.29, 0.717) is 24.2 Å². The van der Waals surface area contributed by atoms with Crippen molar-refractivity contribution in [3.05, 3.63) is 59.2 Å². The summed E-state index contributed by atoms with van der Waals surface area (Å²) in [6.45, 7) is 3.92. The third-order valence-electron chi connectivity index (χ3n) is 8.38. The molecule has 5 atom stereocenters. The second-order valence-corrected chi connectivity index (χ2v) is 12.5. The maximum atomic E-state index is 14.0. The Balaban J connectivity index is 1.46. The molecular formula is C33H39F2N3O10. The Morgan fingerprint density at radius 3 is 2.04 bits per heavy atom. The average Bonchev–Trinajstić information content (AvgIpc) is 3.02. The van der Waals surface area contributed by atoms with Crippen molar-refractivity contribution in [3.8, 4) is 11.5 Å². The Kier molecular flexibility index (Phi) is 11.9. The summed E-state index contributed by atoms with van der Waals surface area (Å²) in [4.78, 5) is 62.8. The number of carboxylic acid groups (broad SMARTS) is 2. The van der Waals surface area contributed by atoms with Crippen molar-refractivity contribution in [2.45, 2.75) is 70.2 Å². The Morgan fingerprint density at radius 2 is 1.46 bits per heavy atom. The van der Waals surface area contributed by atoms with E-state index >= 15 is 0 Å². The first-order chi connectivity index (χ1) is 22.7. The molecule has 1 aliphatic carbocycles. The molecule has 15 heteroatoms. The fourth-order valence-corrected chi connectivity index (χ4v) is 5.93. The van der Waals surface area contributed by atoms with Gasteiger partial charge in [0.2, 0.25) is 11.8 Å². The molecule has 2 aromatic carbocycles. The van der Waals surface area contributed by atoms with Gasteiger partial charge in [0.15, 0.2) is 11.5 Å². The predicted octanol–water partition coefficient (Wildman–Crippen LogP) is 2.04. The minimum atomic E-state index is -1.58. The number of benzene rings is 2. The summed E-state index contributed by atoms with van der Waals surface area (Å²) in [5.41, 5.74) is 0.242. The number of halogens is 2. The van der Waals surface area contributed by atoms with E-state index in [1.165, 1.54) is 18.2 Å². The summed E-state index contributed by atoms with van der Waals surface area (Å²) >= 11 is 0. The molecule has 6 N–H and O–H groups in total. The number of amides is 3. The van der Waals surface area contributed by atoms with E-state index in [-0.39, 0.29) is 43.4 Å². The molecule has 2 aromatic rings. The topological polar surface area (TPSA) is 201 Å². The van der Waals surface area contributed by atoms with Gasteiger partial charge in [0.05, 0.1) is 30.4 Å². The van der Waals surface area contributed by atoms with Crippen LogP contribution >= 0.6 is 0 Å². The van der Waals surface area contributed by atoms with Crippen LogP contribution < -0.4 is 25.4 Å². The van der Waals surface area contributed by atoms with Crippen LogP contribution in [-0.4, -0.2) is 82.4 Å². The van der Waals surface area contributed by atoms with Gasteiger partial charge < -0.3 is 40.7 Å². The lowest BCUT2D eigenvalue weighted by molar-refractivity contribution is -0.149. The summed E-state index contributed by atoms with van der Waals surface area (Å²) in [6, 6.07) is 4.08. The highest BCUT2D eigenvalue weighted by molar-refractivity contribution is 5.95. The highest BCUT2D eigenvalue weighted by Crippen LogP contribution is 2.31. The van der Waals surface area contributed by atoms with Crippen molar-refractivity contribution in [2.24, 2.45) is 17.8 Å². The van der Waals surface area contributed by atoms with E-state index in [1.54, 1.807) is 13.8 Å². The number of carbonyl (C=O) groups excluding carboxylic acids is 3. The fourth-order valence-electron chi connectivity index (χ4n) is 5.93. The first-order valence-corrected chi connectivity index (χ1v) is 15.6. The Labute approximate surface area is 275 Å². The Morgan fingerprint density at radius 1 is 0.854 bits per heavy atom. The zero-order chi connectivity index (χ0) is 35.1. The van der Waals surface area contributed by atoms with Gasteiger partial charge in [-0.2, -0.15) is 0 Å². The normalized spacial score (nSPS) is 20.6. The number of carboxylic acids is 2. The van der Waals surface area contributed by atoms with Gasteiger partial charge in [-0.1, -0.05) is 13.8 Å². The van der Waals surface area contributed by atoms with Crippen molar-refractivity contribution in [1.82, 2.24) is 16.0 Å². The van der Waals surface area contributed by atoms with Crippen LogP contribution in [0.1, 0.15) is 55.5 Å². The molecule has 1 fully saturated rings. The van der Waals surface area contributed by atoms with Crippen LogP contribution in [0.15, 0.2) is 36.4 Å². The third kappa shape index (κ3) is 9.62. The first-order valence-electron chi connectivity index (χ1n) is 15.6. The van der Waals surface area contributed by atoms with Gasteiger partial charge in [0.25, 0.3) is 5.91 Å². The maximum absolute atomic E-state index is 14.0. The summed E-state index contributed by atoms with van der Waals surface area (Å²) in [5.74, 6) is -7.81. The monoisotopic (exact) mass is 675 g/mol. The number of aliphatic carboxylic acids is 2. The van der Waals surface area contributed by atoms with Crippen LogP contribution in [0, 0.1) is 29.4 Å². The maximum Gasteiger partial charge on any atom is 0.306 e. The lowest BCUT2D eigenvalue weighted by Gasteiger charge is -2.33. The van der Waals surface area contributed by atoms with E-state index in [9.17, 15) is 48.1 Å². The number of fused-ring (bicyclic) bond motifs is 1. The molecule has 0 spiro atoms. The minimum Gasteiger partial charge on any atom is -0.486 e. The molecule has 4 rings (SSSR count). The first kappa shape index (κ1) is 36.1. The zero-order valence-corrected chi connectivity index (χ0v) is 26.4. The van der Waals surface area contributed by atoms with Crippen LogP contribution in [0.5, 0.6) is 11.5 Å². The number of rotatable bonds is 13. The van der Waals surface area contributed by atoms with Crippen LogP contribution in [0.4, 0.5) is 8.78 Å². The lowest BCUT2D eigenvalue weighted by Crippen LogP contribution is -2.55. The van der Waals surface area contributed by atoms with Crippen molar-refractivity contribution in [1.29, 1.82) is 0 Å². The van der Waals surface area contributed by atoms with Gasteiger partial charge in [0, 0.05) is 17.7 Å². The predicted molar refractivity (Wildman–Crippen MR) is 164 cm³/mol. The number of hydrogen-bond acceptors (Lipinski definition) is 8. The van der Waals surface area contributed by atoms with E-state index in [2.05, 4.69) is 16.0 Å². The van der Waals surface area contributed by atoms with Gasteiger partial charge in [-0.15, -0.1) is 0 Å². The van der Waals surface area contributed by atoms with E-state index in [1.807, 2.05) is 0 Å². The number of ether oxygens (including phenoxy) is 2. The number of nitrogens with one attached hydrogen (secondary N) is 3. The molecule has 2 aliphatic rings. The molecule has 2 unspecified atom stereocenters. The van der Waals surface area contributed by atoms with Crippen molar-refractivity contribution < 1.29 is 57.5 Å². The van der Waals surface area contributed by atoms with Gasteiger partial charge in [-0.25, -0.2) is 8.78 Å².